The summed E-state index contributed by atoms with van der Waals surface area (Å²) in [5.41, 5.74) is 0.949. The molecule has 4 rings (SSSR count). The zero-order valence-electron chi connectivity index (χ0n) is 16.8. The van der Waals surface area contributed by atoms with Crippen LogP contribution in [0.1, 0.15) is 25.3 Å². The first-order valence-corrected chi connectivity index (χ1v) is 14.2. The monoisotopic (exact) mass is 485 g/mol. The largest absolute Gasteiger partial charge is 0.264 e. The second-order valence-corrected chi connectivity index (χ2v) is 13.1. The van der Waals surface area contributed by atoms with E-state index in [1.165, 1.54) is 51.1 Å². The number of fused-ring (bicyclic) bond motifs is 1. The average molecular weight is 486 g/mol. The van der Waals surface area contributed by atoms with Gasteiger partial charge < -0.3 is 0 Å². The first kappa shape index (κ1) is 22.2. The summed E-state index contributed by atoms with van der Waals surface area (Å²) >= 11 is 0. The Balaban J connectivity index is 1.68. The van der Waals surface area contributed by atoms with E-state index in [-0.39, 0.29) is 14.7 Å². The molecule has 0 aromatic heterocycles. The zero-order chi connectivity index (χ0) is 22.6. The van der Waals surface area contributed by atoms with E-state index in [2.05, 4.69) is 0 Å². The molecule has 168 valence electrons. The lowest BCUT2D eigenvalue weighted by Crippen LogP contribution is -2.35. The summed E-state index contributed by atoms with van der Waals surface area (Å²) in [5.74, 6) is 0. The number of benzene rings is 2. The maximum absolute atomic E-state index is 13.3. The number of primary sulfonamides is 1. The van der Waals surface area contributed by atoms with Crippen LogP contribution >= 0.6 is 0 Å². The van der Waals surface area contributed by atoms with Gasteiger partial charge in [0, 0.05) is 19.1 Å². The summed E-state index contributed by atoms with van der Waals surface area (Å²) in [5, 5.41) is 5.18. The molecule has 2 aromatic carbocycles. The van der Waals surface area contributed by atoms with E-state index >= 15 is 0 Å². The highest BCUT2D eigenvalue weighted by atomic mass is 32.2. The molecule has 2 N–H and O–H groups in total. The van der Waals surface area contributed by atoms with Gasteiger partial charge in [0.1, 0.15) is 0 Å². The van der Waals surface area contributed by atoms with Crippen molar-refractivity contribution in [2.24, 2.45) is 5.14 Å². The third-order valence-corrected chi connectivity index (χ3v) is 10.4. The Hall–Kier alpha value is -1.99. The van der Waals surface area contributed by atoms with E-state index < -0.39 is 36.1 Å². The molecule has 0 spiro atoms. The molecule has 1 saturated heterocycles. The first-order chi connectivity index (χ1) is 14.4. The highest BCUT2D eigenvalue weighted by molar-refractivity contribution is 7.93. The van der Waals surface area contributed by atoms with Gasteiger partial charge in [-0.05, 0) is 74.2 Å². The molecule has 1 unspecified atom stereocenters. The van der Waals surface area contributed by atoms with Crippen LogP contribution in [0, 0.1) is 0 Å². The average Bonchev–Trinajstić information content (AvgIpc) is 3.34. The molecular weight excluding hydrogens is 462 g/mol. The van der Waals surface area contributed by atoms with Gasteiger partial charge in [0.25, 0.3) is 10.0 Å². The smallest absolute Gasteiger partial charge is 0.263 e. The van der Waals surface area contributed by atoms with Gasteiger partial charge in [-0.15, -0.1) is 0 Å². The topological polar surface area (TPSA) is 135 Å². The Morgan fingerprint density at radius 3 is 1.87 bits per heavy atom. The van der Waals surface area contributed by atoms with Crippen molar-refractivity contribution in [1.29, 1.82) is 0 Å². The fourth-order valence-corrected chi connectivity index (χ4v) is 7.87. The number of sulfonamides is 3. The van der Waals surface area contributed by atoms with Gasteiger partial charge in [-0.2, -0.15) is 4.31 Å². The van der Waals surface area contributed by atoms with E-state index in [0.717, 1.165) is 12.8 Å². The molecule has 2 aliphatic heterocycles. The molecule has 0 saturated carbocycles. The molecule has 1 fully saturated rings. The lowest BCUT2D eigenvalue weighted by molar-refractivity contribution is 0.477. The molecule has 1 atom stereocenters. The number of nitrogens with two attached hydrogens (primary N) is 1. The third-order valence-electron chi connectivity index (χ3n) is 5.62. The molecule has 0 amide bonds. The van der Waals surface area contributed by atoms with Gasteiger partial charge in [-0.3, -0.25) is 4.31 Å². The van der Waals surface area contributed by atoms with Gasteiger partial charge in [-0.25, -0.2) is 30.4 Å². The van der Waals surface area contributed by atoms with Crippen LogP contribution in [-0.2, 0) is 36.5 Å². The molecule has 9 nitrogen and oxygen atoms in total. The number of rotatable bonds is 5. The van der Waals surface area contributed by atoms with E-state index in [9.17, 15) is 25.3 Å². The second-order valence-electron chi connectivity index (χ2n) is 7.77. The second kappa shape index (κ2) is 7.55. The van der Waals surface area contributed by atoms with Gasteiger partial charge in [0.15, 0.2) is 0 Å². The molecule has 0 bridgehead atoms. The number of anilines is 1. The molecule has 31 heavy (non-hydrogen) atoms. The summed E-state index contributed by atoms with van der Waals surface area (Å²) in [6.07, 6.45) is 1.95. The van der Waals surface area contributed by atoms with Crippen LogP contribution in [-0.4, -0.2) is 48.7 Å². The Kier molecular flexibility index (Phi) is 5.41. The van der Waals surface area contributed by atoms with Crippen LogP contribution in [0.3, 0.4) is 0 Å². The summed E-state index contributed by atoms with van der Waals surface area (Å²) in [4.78, 5) is -0.0571. The van der Waals surface area contributed by atoms with Gasteiger partial charge in [0.2, 0.25) is 20.0 Å². The summed E-state index contributed by atoms with van der Waals surface area (Å²) < 4.78 is 77.9. The van der Waals surface area contributed by atoms with Gasteiger partial charge in [0.05, 0.1) is 20.4 Å². The van der Waals surface area contributed by atoms with Crippen molar-refractivity contribution >= 4 is 35.8 Å². The first-order valence-electron chi connectivity index (χ1n) is 9.73. The van der Waals surface area contributed by atoms with E-state index in [0.29, 0.717) is 30.8 Å². The Bertz CT molecular complexity index is 1330. The van der Waals surface area contributed by atoms with E-state index in [1.807, 2.05) is 0 Å². The zero-order valence-corrected chi connectivity index (χ0v) is 19.2. The van der Waals surface area contributed by atoms with Crippen LogP contribution in [0.5, 0.6) is 0 Å². The third kappa shape index (κ3) is 3.87. The Morgan fingerprint density at radius 1 is 0.806 bits per heavy atom. The van der Waals surface area contributed by atoms with Crippen LogP contribution in [0.15, 0.2) is 57.2 Å². The van der Waals surface area contributed by atoms with Crippen LogP contribution in [0.2, 0.25) is 0 Å². The fourth-order valence-electron chi connectivity index (χ4n) is 4.10. The highest BCUT2D eigenvalue weighted by Gasteiger charge is 2.37. The predicted octanol–water partition coefficient (Wildman–Crippen LogP) is 1.26. The number of hydrogen-bond donors (Lipinski definition) is 1. The van der Waals surface area contributed by atoms with Crippen LogP contribution in [0.25, 0.3) is 0 Å². The van der Waals surface area contributed by atoms with Crippen molar-refractivity contribution in [3.63, 3.8) is 0 Å². The minimum Gasteiger partial charge on any atom is -0.263 e. The SMILES string of the molecule is CC1Cc2cc(S(N)(=O)=O)ccc2N1S(=O)(=O)c1ccc(S(=O)(=O)N2CCCC2)cc1. The Morgan fingerprint density at radius 2 is 1.32 bits per heavy atom. The summed E-state index contributed by atoms with van der Waals surface area (Å²) in [6.45, 7) is 2.65. The minimum atomic E-state index is -3.99. The van der Waals surface area contributed by atoms with Gasteiger partial charge in [-0.1, -0.05) is 0 Å². The maximum Gasteiger partial charge on any atom is 0.264 e. The number of nitrogens with zero attached hydrogens (tertiary/aromatic N) is 2. The van der Waals surface area contributed by atoms with Crippen molar-refractivity contribution in [3.05, 3.63) is 48.0 Å². The standard InChI is InChI=1S/C19H23N3O6S3/c1-14-12-15-13-18(29(20,23)24)8-9-19(15)22(14)31(27,28)17-6-4-16(5-7-17)30(25,26)21-10-2-3-11-21/h4-9,13-14H,2-3,10-12H2,1H3,(H2,20,23,24). The van der Waals surface area contributed by atoms with Crippen LogP contribution in [0.4, 0.5) is 5.69 Å². The maximum atomic E-state index is 13.3. The molecule has 12 heteroatoms. The normalized spacial score (nSPS) is 20.2. The highest BCUT2D eigenvalue weighted by Crippen LogP contribution is 2.38. The minimum absolute atomic E-state index is 0.0388. The quantitative estimate of drug-likeness (QED) is 0.677. The molecular formula is C19H23N3O6S3. The predicted molar refractivity (Wildman–Crippen MR) is 115 cm³/mol. The van der Waals surface area contributed by atoms with Crippen molar-refractivity contribution in [2.75, 3.05) is 17.4 Å². The molecule has 2 aromatic rings. The fraction of sp³-hybridized carbons (Fsp3) is 0.368. The lowest BCUT2D eigenvalue weighted by atomic mass is 10.1. The van der Waals surface area contributed by atoms with Crippen LogP contribution < -0.4 is 9.44 Å². The van der Waals surface area contributed by atoms with Crippen molar-refractivity contribution in [1.82, 2.24) is 4.31 Å². The summed E-state index contributed by atoms with van der Waals surface area (Å²) in [6, 6.07) is 8.87. The van der Waals surface area contributed by atoms with E-state index in [1.54, 1.807) is 6.92 Å². The number of hydrogen-bond acceptors (Lipinski definition) is 6. The molecule has 2 heterocycles. The van der Waals surface area contributed by atoms with Gasteiger partial charge >= 0.3 is 0 Å². The summed E-state index contributed by atoms with van der Waals surface area (Å²) in [7, 11) is -11.5. The van der Waals surface area contributed by atoms with E-state index in [4.69, 9.17) is 5.14 Å². The molecule has 0 radical (unpaired) electrons. The van der Waals surface area contributed by atoms with Crippen molar-refractivity contribution < 1.29 is 25.3 Å². The van der Waals surface area contributed by atoms with Crippen molar-refractivity contribution in [3.8, 4) is 0 Å². The lowest BCUT2D eigenvalue weighted by Gasteiger charge is -2.24. The Labute approximate surface area is 182 Å². The van der Waals surface area contributed by atoms with Crippen molar-refractivity contribution in [2.45, 2.75) is 46.9 Å². The molecule has 2 aliphatic rings. The molecule has 0 aliphatic carbocycles.